The molecule has 1 aliphatic heterocycles. The van der Waals surface area contributed by atoms with Crippen LogP contribution in [0.25, 0.3) is 0 Å². The van der Waals surface area contributed by atoms with Crippen LogP contribution in [0.4, 0.5) is 0 Å². The molecule has 1 aliphatic rings. The number of ether oxygens (including phenoxy) is 1. The van der Waals surface area contributed by atoms with Gasteiger partial charge in [0.05, 0.1) is 18.9 Å². The first-order chi connectivity index (χ1) is 15.7. The molecule has 9 heteroatoms. The third-order valence-electron chi connectivity index (χ3n) is 6.15. The lowest BCUT2D eigenvalue weighted by molar-refractivity contribution is -0.126. The van der Waals surface area contributed by atoms with Gasteiger partial charge in [-0.1, -0.05) is 48.3 Å². The standard InChI is InChI=1S/C24H30Cl2N2O4S/c1-4-22(18-8-9-23(32-3)16(2)14-18)27-24(29)17-10-12-28(13-11-17)33(30,31)15-19-20(25)6-5-7-21(19)26/h5-9,14,17,22H,4,10-13,15H2,1-3H3,(H,27,29)/t22-/m1/s1. The van der Waals surface area contributed by atoms with Crippen LogP contribution in [-0.4, -0.2) is 38.8 Å². The molecule has 180 valence electrons. The zero-order valence-electron chi connectivity index (χ0n) is 19.1. The number of nitrogens with zero attached hydrogens (tertiary/aromatic N) is 1. The van der Waals surface area contributed by atoms with E-state index in [4.69, 9.17) is 27.9 Å². The molecule has 0 unspecified atom stereocenters. The molecule has 1 amide bonds. The molecule has 33 heavy (non-hydrogen) atoms. The van der Waals surface area contributed by atoms with Gasteiger partial charge in [-0.3, -0.25) is 4.79 Å². The Morgan fingerprint density at radius 3 is 2.36 bits per heavy atom. The summed E-state index contributed by atoms with van der Waals surface area (Å²) in [6.45, 7) is 4.59. The molecule has 1 saturated heterocycles. The predicted octanol–water partition coefficient (Wildman–Crippen LogP) is 5.12. The first-order valence-electron chi connectivity index (χ1n) is 11.0. The number of rotatable bonds is 8. The summed E-state index contributed by atoms with van der Waals surface area (Å²) in [6, 6.07) is 10.7. The molecule has 6 nitrogen and oxygen atoms in total. The smallest absolute Gasteiger partial charge is 0.223 e. The van der Waals surface area contributed by atoms with Gasteiger partial charge >= 0.3 is 0 Å². The van der Waals surface area contributed by atoms with Gasteiger partial charge in [-0.05, 0) is 55.5 Å². The van der Waals surface area contributed by atoms with Gasteiger partial charge in [0.1, 0.15) is 5.75 Å². The summed E-state index contributed by atoms with van der Waals surface area (Å²) in [7, 11) is -1.96. The van der Waals surface area contributed by atoms with E-state index in [0.29, 0.717) is 41.5 Å². The van der Waals surface area contributed by atoms with Gasteiger partial charge < -0.3 is 10.1 Å². The number of hydrogen-bond donors (Lipinski definition) is 1. The Hall–Kier alpha value is -1.80. The van der Waals surface area contributed by atoms with Crippen molar-refractivity contribution in [2.45, 2.75) is 44.9 Å². The number of carbonyl (C=O) groups excluding carboxylic acids is 1. The Kier molecular flexibility index (Phi) is 8.67. The summed E-state index contributed by atoms with van der Waals surface area (Å²) in [4.78, 5) is 12.9. The zero-order chi connectivity index (χ0) is 24.2. The van der Waals surface area contributed by atoms with E-state index in [1.165, 1.54) is 4.31 Å². The Morgan fingerprint density at radius 1 is 1.18 bits per heavy atom. The highest BCUT2D eigenvalue weighted by molar-refractivity contribution is 7.88. The first kappa shape index (κ1) is 25.8. The average Bonchev–Trinajstić information content (AvgIpc) is 2.80. The predicted molar refractivity (Wildman–Crippen MR) is 132 cm³/mol. The minimum absolute atomic E-state index is 0.0403. The van der Waals surface area contributed by atoms with Crippen LogP contribution in [0.15, 0.2) is 36.4 Å². The lowest BCUT2D eigenvalue weighted by atomic mass is 9.95. The first-order valence-corrected chi connectivity index (χ1v) is 13.4. The van der Waals surface area contributed by atoms with Crippen molar-refractivity contribution in [1.82, 2.24) is 9.62 Å². The number of nitrogens with one attached hydrogen (secondary N) is 1. The highest BCUT2D eigenvalue weighted by atomic mass is 35.5. The SMILES string of the molecule is CC[C@@H](NC(=O)C1CCN(S(=O)(=O)Cc2c(Cl)cccc2Cl)CC1)c1ccc(OC)c(C)c1. The minimum Gasteiger partial charge on any atom is -0.496 e. The number of carbonyl (C=O) groups is 1. The molecule has 0 radical (unpaired) electrons. The maximum atomic E-state index is 12.9. The maximum Gasteiger partial charge on any atom is 0.223 e. The Labute approximate surface area is 206 Å². The van der Waals surface area contributed by atoms with Crippen molar-refractivity contribution < 1.29 is 17.9 Å². The van der Waals surface area contributed by atoms with Gasteiger partial charge in [0.25, 0.3) is 0 Å². The Morgan fingerprint density at radius 2 is 1.82 bits per heavy atom. The van der Waals surface area contributed by atoms with E-state index in [1.54, 1.807) is 25.3 Å². The molecular weight excluding hydrogens is 483 g/mol. The number of halogens is 2. The quantitative estimate of drug-likeness (QED) is 0.532. The third kappa shape index (κ3) is 6.21. The van der Waals surface area contributed by atoms with E-state index in [1.807, 2.05) is 32.0 Å². The number of methoxy groups -OCH3 is 1. The second-order valence-electron chi connectivity index (χ2n) is 8.33. The summed E-state index contributed by atoms with van der Waals surface area (Å²) in [5.41, 5.74) is 2.45. The second kappa shape index (κ2) is 11.1. The Bertz CT molecular complexity index is 1080. The van der Waals surface area contributed by atoms with Gasteiger partial charge in [-0.25, -0.2) is 12.7 Å². The summed E-state index contributed by atoms with van der Waals surface area (Å²) in [5.74, 6) is 0.291. The molecule has 2 aromatic rings. The van der Waals surface area contributed by atoms with E-state index in [9.17, 15) is 13.2 Å². The van der Waals surface area contributed by atoms with Crippen molar-refractivity contribution >= 4 is 39.1 Å². The number of sulfonamides is 1. The topological polar surface area (TPSA) is 75.7 Å². The molecule has 0 bridgehead atoms. The lowest BCUT2D eigenvalue weighted by Gasteiger charge is -2.31. The fourth-order valence-electron chi connectivity index (χ4n) is 4.17. The van der Waals surface area contributed by atoms with Gasteiger partial charge in [-0.15, -0.1) is 0 Å². The van der Waals surface area contributed by atoms with Crippen LogP contribution in [0.1, 0.15) is 48.9 Å². The number of benzene rings is 2. The fraction of sp³-hybridized carbons (Fsp3) is 0.458. The zero-order valence-corrected chi connectivity index (χ0v) is 21.4. The van der Waals surface area contributed by atoms with Gasteiger partial charge in [0.15, 0.2) is 0 Å². The van der Waals surface area contributed by atoms with Crippen molar-refractivity contribution in [1.29, 1.82) is 0 Å². The highest BCUT2D eigenvalue weighted by Gasteiger charge is 2.32. The summed E-state index contributed by atoms with van der Waals surface area (Å²) in [5, 5.41) is 3.81. The molecule has 3 rings (SSSR count). The number of piperidine rings is 1. The van der Waals surface area contributed by atoms with Crippen molar-refractivity contribution in [2.24, 2.45) is 5.92 Å². The maximum absolute atomic E-state index is 12.9. The monoisotopic (exact) mass is 512 g/mol. The van der Waals surface area contributed by atoms with Crippen molar-refractivity contribution in [3.63, 3.8) is 0 Å². The van der Waals surface area contributed by atoms with Crippen LogP contribution in [-0.2, 0) is 20.6 Å². The van der Waals surface area contributed by atoms with Gasteiger partial charge in [0.2, 0.25) is 15.9 Å². The van der Waals surface area contributed by atoms with Gasteiger partial charge in [0, 0.05) is 34.6 Å². The van der Waals surface area contributed by atoms with Crippen molar-refractivity contribution in [2.75, 3.05) is 20.2 Å². The van der Waals surface area contributed by atoms with E-state index < -0.39 is 10.0 Å². The molecular formula is C24H30Cl2N2O4S. The van der Waals surface area contributed by atoms with Crippen LogP contribution in [0.3, 0.4) is 0 Å². The largest absolute Gasteiger partial charge is 0.496 e. The normalized spacial score (nSPS) is 16.4. The van der Waals surface area contributed by atoms with E-state index in [2.05, 4.69) is 5.32 Å². The number of aryl methyl sites for hydroxylation is 1. The van der Waals surface area contributed by atoms with Crippen LogP contribution >= 0.6 is 23.2 Å². The molecule has 1 N–H and O–H groups in total. The average molecular weight is 513 g/mol. The molecule has 2 aromatic carbocycles. The number of hydrogen-bond acceptors (Lipinski definition) is 4. The Balaban J connectivity index is 1.60. The minimum atomic E-state index is -3.59. The third-order valence-corrected chi connectivity index (χ3v) is 8.67. The van der Waals surface area contributed by atoms with Crippen LogP contribution in [0.5, 0.6) is 5.75 Å². The molecule has 1 fully saturated rings. The van der Waals surface area contributed by atoms with E-state index in [0.717, 1.165) is 23.3 Å². The second-order valence-corrected chi connectivity index (χ2v) is 11.1. The van der Waals surface area contributed by atoms with Crippen LogP contribution < -0.4 is 10.1 Å². The van der Waals surface area contributed by atoms with Crippen LogP contribution in [0.2, 0.25) is 10.0 Å². The molecule has 0 spiro atoms. The molecule has 1 atom stereocenters. The summed E-state index contributed by atoms with van der Waals surface area (Å²) in [6.07, 6.45) is 1.70. The van der Waals surface area contributed by atoms with E-state index >= 15 is 0 Å². The van der Waals surface area contributed by atoms with E-state index in [-0.39, 0.29) is 23.6 Å². The van der Waals surface area contributed by atoms with Gasteiger partial charge in [-0.2, -0.15) is 0 Å². The fourth-order valence-corrected chi connectivity index (χ4v) is 6.48. The van der Waals surface area contributed by atoms with Crippen LogP contribution in [0, 0.1) is 12.8 Å². The van der Waals surface area contributed by atoms with Crippen molar-refractivity contribution in [3.05, 3.63) is 63.1 Å². The number of amides is 1. The highest BCUT2D eigenvalue weighted by Crippen LogP contribution is 2.30. The molecule has 1 heterocycles. The van der Waals surface area contributed by atoms with Crippen molar-refractivity contribution in [3.8, 4) is 5.75 Å². The summed E-state index contributed by atoms with van der Waals surface area (Å²) < 4.78 is 32.6. The molecule has 0 aliphatic carbocycles. The molecule has 0 saturated carbocycles. The summed E-state index contributed by atoms with van der Waals surface area (Å²) >= 11 is 12.3. The molecule has 0 aromatic heterocycles. The lowest BCUT2D eigenvalue weighted by Crippen LogP contribution is -2.44.